The van der Waals surface area contributed by atoms with Crippen molar-refractivity contribution in [1.82, 2.24) is 14.4 Å². The van der Waals surface area contributed by atoms with Gasteiger partial charge in [0.25, 0.3) is 0 Å². The molecule has 0 spiro atoms. The highest BCUT2D eigenvalue weighted by Crippen LogP contribution is 2.35. The summed E-state index contributed by atoms with van der Waals surface area (Å²) >= 11 is 0. The van der Waals surface area contributed by atoms with Crippen LogP contribution in [0.2, 0.25) is 0 Å². The molecule has 0 unspecified atom stereocenters. The second kappa shape index (κ2) is 6.77. The highest BCUT2D eigenvalue weighted by molar-refractivity contribution is 6.10. The van der Waals surface area contributed by atoms with Gasteiger partial charge in [-0.2, -0.15) is 0 Å². The SMILES string of the molecule is CN(C)C[C@@]1(O)CCN(C(=O)Cn2cc(C(=O)C3CC3)c3ccccc32)C1. The van der Waals surface area contributed by atoms with Crippen LogP contribution in [0.25, 0.3) is 10.9 Å². The fourth-order valence-corrected chi connectivity index (χ4v) is 4.17. The van der Waals surface area contributed by atoms with Gasteiger partial charge < -0.3 is 19.5 Å². The predicted molar refractivity (Wildman–Crippen MR) is 104 cm³/mol. The first-order valence-electron chi connectivity index (χ1n) is 9.63. The highest BCUT2D eigenvalue weighted by Gasteiger charge is 2.38. The molecule has 6 heteroatoms. The maximum absolute atomic E-state index is 12.9. The van der Waals surface area contributed by atoms with Crippen LogP contribution in [0.5, 0.6) is 0 Å². The number of likely N-dealkylation sites (N-methyl/N-ethyl adjacent to an activating group) is 1. The van der Waals surface area contributed by atoms with Gasteiger partial charge in [0.2, 0.25) is 5.91 Å². The minimum Gasteiger partial charge on any atom is -0.387 e. The Morgan fingerprint density at radius 1 is 1.26 bits per heavy atom. The topological polar surface area (TPSA) is 65.8 Å². The Balaban J connectivity index is 1.54. The lowest BCUT2D eigenvalue weighted by molar-refractivity contribution is -0.131. The number of hydrogen-bond acceptors (Lipinski definition) is 4. The minimum atomic E-state index is -0.842. The summed E-state index contributed by atoms with van der Waals surface area (Å²) in [6.45, 7) is 1.66. The number of carbonyl (C=O) groups is 2. The lowest BCUT2D eigenvalue weighted by atomic mass is 10.0. The van der Waals surface area contributed by atoms with Crippen molar-refractivity contribution < 1.29 is 14.7 Å². The van der Waals surface area contributed by atoms with Crippen LogP contribution in [0.3, 0.4) is 0 Å². The van der Waals surface area contributed by atoms with E-state index in [1.54, 1.807) is 4.90 Å². The maximum atomic E-state index is 12.9. The third-order valence-electron chi connectivity index (χ3n) is 5.60. The Kier molecular flexibility index (Phi) is 4.56. The van der Waals surface area contributed by atoms with Crippen LogP contribution in [0, 0.1) is 5.92 Å². The van der Waals surface area contributed by atoms with E-state index in [-0.39, 0.29) is 24.2 Å². The number of nitrogens with zero attached hydrogens (tertiary/aromatic N) is 3. The van der Waals surface area contributed by atoms with Crippen LogP contribution < -0.4 is 0 Å². The van der Waals surface area contributed by atoms with Crippen molar-refractivity contribution >= 4 is 22.6 Å². The monoisotopic (exact) mass is 369 g/mol. The number of hydrogen-bond donors (Lipinski definition) is 1. The second-order valence-electron chi connectivity index (χ2n) is 8.35. The summed E-state index contributed by atoms with van der Waals surface area (Å²) in [6.07, 6.45) is 4.37. The molecule has 1 atom stereocenters. The number of benzene rings is 1. The molecule has 4 rings (SSSR count). The Labute approximate surface area is 159 Å². The number of aliphatic hydroxyl groups is 1. The fraction of sp³-hybridized carbons (Fsp3) is 0.524. The number of carbonyl (C=O) groups excluding carboxylic acids is 2. The Morgan fingerprint density at radius 2 is 2.00 bits per heavy atom. The van der Waals surface area contributed by atoms with Gasteiger partial charge in [0.15, 0.2) is 5.78 Å². The number of fused-ring (bicyclic) bond motifs is 1. The summed E-state index contributed by atoms with van der Waals surface area (Å²) in [6, 6.07) is 7.77. The molecule has 1 saturated heterocycles. The van der Waals surface area contributed by atoms with Crippen molar-refractivity contribution in [3.8, 4) is 0 Å². The second-order valence-corrected chi connectivity index (χ2v) is 8.35. The maximum Gasteiger partial charge on any atom is 0.242 e. The van der Waals surface area contributed by atoms with E-state index in [0.717, 1.165) is 29.3 Å². The Hall–Kier alpha value is -2.18. The van der Waals surface area contributed by atoms with Gasteiger partial charge in [-0.15, -0.1) is 0 Å². The normalized spacial score (nSPS) is 22.7. The summed E-state index contributed by atoms with van der Waals surface area (Å²) in [7, 11) is 3.85. The molecular weight excluding hydrogens is 342 g/mol. The van der Waals surface area contributed by atoms with Crippen LogP contribution >= 0.6 is 0 Å². The van der Waals surface area contributed by atoms with Gasteiger partial charge in [0, 0.05) is 41.7 Å². The smallest absolute Gasteiger partial charge is 0.242 e. The van der Waals surface area contributed by atoms with Crippen LogP contribution in [-0.2, 0) is 11.3 Å². The quantitative estimate of drug-likeness (QED) is 0.788. The molecular formula is C21H27N3O3. The van der Waals surface area contributed by atoms with Crippen LogP contribution in [-0.4, -0.2) is 70.5 Å². The molecule has 1 aromatic carbocycles. The molecule has 1 N–H and O–H groups in total. The van der Waals surface area contributed by atoms with E-state index in [1.165, 1.54) is 0 Å². The van der Waals surface area contributed by atoms with E-state index >= 15 is 0 Å². The van der Waals surface area contributed by atoms with E-state index in [9.17, 15) is 14.7 Å². The van der Waals surface area contributed by atoms with Crippen molar-refractivity contribution in [3.05, 3.63) is 36.0 Å². The molecule has 2 fully saturated rings. The first-order chi connectivity index (χ1) is 12.9. The van der Waals surface area contributed by atoms with E-state index in [4.69, 9.17) is 0 Å². The fourth-order valence-electron chi connectivity index (χ4n) is 4.17. The molecule has 0 bridgehead atoms. The van der Waals surface area contributed by atoms with Crippen LogP contribution in [0.1, 0.15) is 29.6 Å². The summed E-state index contributed by atoms with van der Waals surface area (Å²) in [5, 5.41) is 11.6. The molecule has 1 aliphatic carbocycles. The van der Waals surface area contributed by atoms with Gasteiger partial charge in [0.1, 0.15) is 6.54 Å². The molecule has 1 saturated carbocycles. The first kappa shape index (κ1) is 18.2. The standard InChI is InChI=1S/C21H27N3O3/c1-22(2)13-21(27)9-10-23(14-21)19(25)12-24-11-17(20(26)15-7-8-15)16-5-3-4-6-18(16)24/h3-6,11,15,27H,7-10,12-14H2,1-2H3/t21-/m0/s1. The molecule has 1 aromatic heterocycles. The van der Waals surface area contributed by atoms with Gasteiger partial charge in [-0.25, -0.2) is 0 Å². The van der Waals surface area contributed by atoms with Crippen molar-refractivity contribution in [2.75, 3.05) is 33.7 Å². The Bertz CT molecular complexity index is 884. The molecule has 2 heterocycles. The lowest BCUT2D eigenvalue weighted by Crippen LogP contribution is -2.44. The van der Waals surface area contributed by atoms with Gasteiger partial charge >= 0.3 is 0 Å². The zero-order chi connectivity index (χ0) is 19.2. The number of Topliss-reactive ketones (excluding diaryl/α,β-unsaturated/α-hetero) is 1. The molecule has 1 aliphatic heterocycles. The number of amides is 1. The van der Waals surface area contributed by atoms with E-state index in [2.05, 4.69) is 0 Å². The van der Waals surface area contributed by atoms with Crippen LogP contribution in [0.15, 0.2) is 30.5 Å². The summed E-state index contributed by atoms with van der Waals surface area (Å²) < 4.78 is 1.89. The first-order valence-corrected chi connectivity index (χ1v) is 9.63. The zero-order valence-corrected chi connectivity index (χ0v) is 16.0. The third kappa shape index (κ3) is 3.64. The van der Waals surface area contributed by atoms with E-state index in [0.29, 0.717) is 26.1 Å². The molecule has 1 amide bonds. The van der Waals surface area contributed by atoms with Crippen molar-refractivity contribution in [1.29, 1.82) is 0 Å². The molecule has 6 nitrogen and oxygen atoms in total. The molecule has 27 heavy (non-hydrogen) atoms. The third-order valence-corrected chi connectivity index (χ3v) is 5.60. The molecule has 144 valence electrons. The van der Waals surface area contributed by atoms with Gasteiger partial charge in [0.05, 0.1) is 12.1 Å². The molecule has 2 aromatic rings. The van der Waals surface area contributed by atoms with E-state index < -0.39 is 5.60 Å². The number of para-hydroxylation sites is 1. The largest absolute Gasteiger partial charge is 0.387 e. The van der Waals surface area contributed by atoms with Crippen molar-refractivity contribution in [2.24, 2.45) is 5.92 Å². The number of likely N-dealkylation sites (tertiary alicyclic amines) is 1. The average molecular weight is 369 g/mol. The number of β-amino-alcohol motifs (C(OH)–C–C–N with tert-alkyl or cyclic N) is 1. The number of rotatable bonds is 6. The van der Waals surface area contributed by atoms with Gasteiger partial charge in [-0.05, 0) is 39.4 Å². The minimum absolute atomic E-state index is 0.0177. The highest BCUT2D eigenvalue weighted by atomic mass is 16.3. The number of aromatic nitrogens is 1. The van der Waals surface area contributed by atoms with E-state index in [1.807, 2.05) is 54.0 Å². The summed E-state index contributed by atoms with van der Waals surface area (Å²) in [5.41, 5.74) is 0.800. The summed E-state index contributed by atoms with van der Waals surface area (Å²) in [4.78, 5) is 29.2. The molecule has 0 radical (unpaired) electrons. The predicted octanol–water partition coefficient (Wildman–Crippen LogP) is 1.76. The average Bonchev–Trinajstić information content (AvgIpc) is 3.31. The Morgan fingerprint density at radius 3 is 2.70 bits per heavy atom. The van der Waals surface area contributed by atoms with Gasteiger partial charge in [-0.1, -0.05) is 18.2 Å². The molecule has 2 aliphatic rings. The van der Waals surface area contributed by atoms with Crippen molar-refractivity contribution in [2.45, 2.75) is 31.4 Å². The van der Waals surface area contributed by atoms with Crippen molar-refractivity contribution in [3.63, 3.8) is 0 Å². The summed E-state index contributed by atoms with van der Waals surface area (Å²) in [5.74, 6) is 0.328. The number of ketones is 1. The van der Waals surface area contributed by atoms with Crippen LogP contribution in [0.4, 0.5) is 0 Å². The lowest BCUT2D eigenvalue weighted by Gasteiger charge is -2.26. The van der Waals surface area contributed by atoms with Gasteiger partial charge in [-0.3, -0.25) is 9.59 Å². The zero-order valence-electron chi connectivity index (χ0n) is 16.0.